The van der Waals surface area contributed by atoms with Crippen LogP contribution in [0.3, 0.4) is 0 Å². The Kier molecular flexibility index (Phi) is 5.56. The van der Waals surface area contributed by atoms with Crippen LogP contribution in [0.15, 0.2) is 59.5 Å². The van der Waals surface area contributed by atoms with Crippen molar-refractivity contribution in [3.63, 3.8) is 0 Å². The van der Waals surface area contributed by atoms with Gasteiger partial charge in [-0.15, -0.1) is 0 Å². The molecule has 0 aliphatic carbocycles. The number of anilines is 1. The number of benzene rings is 2. The van der Waals surface area contributed by atoms with Crippen LogP contribution in [0.1, 0.15) is 5.56 Å². The molecule has 0 atom stereocenters. The van der Waals surface area contributed by atoms with Crippen LogP contribution < -0.4 is 9.44 Å². The molecule has 0 aliphatic rings. The number of nitriles is 1. The standard InChI is InChI=1S/C15H15N3O4S2/c16-12-13-6-4-5-9-15(13)24(21,22)17-10-11-23(19,20)18-14-7-2-1-3-8-14/h1-9,17-18H,10-11H2. The minimum absolute atomic E-state index is 0.00438. The smallest absolute Gasteiger partial charge is 0.241 e. The summed E-state index contributed by atoms with van der Waals surface area (Å²) in [6.07, 6.45) is 0. The lowest BCUT2D eigenvalue weighted by atomic mass is 10.2. The second-order valence-electron chi connectivity index (χ2n) is 4.79. The molecule has 0 fully saturated rings. The molecule has 2 N–H and O–H groups in total. The average Bonchev–Trinajstić information content (AvgIpc) is 2.55. The number of nitrogens with one attached hydrogen (secondary N) is 2. The third-order valence-electron chi connectivity index (χ3n) is 3.01. The van der Waals surface area contributed by atoms with Crippen LogP contribution in [0, 0.1) is 11.3 Å². The maximum absolute atomic E-state index is 12.2. The Labute approximate surface area is 141 Å². The SMILES string of the molecule is N#Cc1ccccc1S(=O)(=O)NCCS(=O)(=O)Nc1ccccc1. The molecule has 0 spiro atoms. The van der Waals surface area contributed by atoms with Gasteiger partial charge >= 0.3 is 0 Å². The van der Waals surface area contributed by atoms with E-state index in [1.165, 1.54) is 18.2 Å². The van der Waals surface area contributed by atoms with Crippen LogP contribution in [0.25, 0.3) is 0 Å². The maximum Gasteiger partial charge on any atom is 0.241 e. The van der Waals surface area contributed by atoms with Crippen molar-refractivity contribution in [1.29, 1.82) is 5.26 Å². The minimum Gasteiger partial charge on any atom is -0.284 e. The second-order valence-corrected chi connectivity index (χ2v) is 8.37. The van der Waals surface area contributed by atoms with Gasteiger partial charge in [-0.2, -0.15) is 5.26 Å². The van der Waals surface area contributed by atoms with Gasteiger partial charge in [0.1, 0.15) is 6.07 Å². The zero-order valence-corrected chi connectivity index (χ0v) is 14.1. The quantitative estimate of drug-likeness (QED) is 0.767. The Balaban J connectivity index is 2.02. The lowest BCUT2D eigenvalue weighted by Crippen LogP contribution is -2.31. The monoisotopic (exact) mass is 365 g/mol. The molecule has 24 heavy (non-hydrogen) atoms. The van der Waals surface area contributed by atoms with E-state index in [4.69, 9.17) is 5.26 Å². The van der Waals surface area contributed by atoms with Gasteiger partial charge < -0.3 is 0 Å². The molecule has 7 nitrogen and oxygen atoms in total. The van der Waals surface area contributed by atoms with Gasteiger partial charge in [-0.05, 0) is 24.3 Å². The number of nitrogens with zero attached hydrogens (tertiary/aromatic N) is 1. The van der Waals surface area contributed by atoms with E-state index in [2.05, 4.69) is 9.44 Å². The molecule has 0 amide bonds. The number of hydrogen-bond acceptors (Lipinski definition) is 5. The van der Waals surface area contributed by atoms with E-state index in [-0.39, 0.29) is 17.0 Å². The maximum atomic E-state index is 12.2. The van der Waals surface area contributed by atoms with Crippen molar-refractivity contribution in [3.05, 3.63) is 60.2 Å². The molecule has 9 heteroatoms. The van der Waals surface area contributed by atoms with Crippen molar-refractivity contribution in [2.45, 2.75) is 4.90 Å². The van der Waals surface area contributed by atoms with Crippen molar-refractivity contribution >= 4 is 25.7 Å². The van der Waals surface area contributed by atoms with Crippen molar-refractivity contribution in [2.75, 3.05) is 17.0 Å². The zero-order chi connectivity index (χ0) is 17.6. The molecule has 2 aromatic carbocycles. The summed E-state index contributed by atoms with van der Waals surface area (Å²) in [5, 5.41) is 8.95. The van der Waals surface area contributed by atoms with Crippen LogP contribution in [0.4, 0.5) is 5.69 Å². The summed E-state index contributed by atoms with van der Waals surface area (Å²) < 4.78 is 52.8. The van der Waals surface area contributed by atoms with Crippen molar-refractivity contribution in [2.24, 2.45) is 0 Å². The highest BCUT2D eigenvalue weighted by Crippen LogP contribution is 2.14. The number of para-hydroxylation sites is 1. The minimum atomic E-state index is -3.96. The molecule has 2 rings (SSSR count). The first-order valence-corrected chi connectivity index (χ1v) is 10.0. The summed E-state index contributed by atoms with van der Waals surface area (Å²) in [7, 11) is -7.66. The van der Waals surface area contributed by atoms with Gasteiger partial charge in [-0.3, -0.25) is 4.72 Å². The van der Waals surface area contributed by atoms with Crippen molar-refractivity contribution in [3.8, 4) is 6.07 Å². The summed E-state index contributed by atoms with van der Waals surface area (Å²) in [6.45, 7) is -0.315. The lowest BCUT2D eigenvalue weighted by Gasteiger charge is -2.10. The molecule has 0 saturated heterocycles. The molecule has 0 aliphatic heterocycles. The molecule has 0 unspecified atom stereocenters. The van der Waals surface area contributed by atoms with E-state index >= 15 is 0 Å². The summed E-state index contributed by atoms with van der Waals surface area (Å²) in [6, 6.07) is 15.8. The topological polar surface area (TPSA) is 116 Å². The Morgan fingerprint density at radius 2 is 1.54 bits per heavy atom. The van der Waals surface area contributed by atoms with Crippen LogP contribution >= 0.6 is 0 Å². The van der Waals surface area contributed by atoms with Crippen LogP contribution in [-0.4, -0.2) is 29.1 Å². The molecule has 0 radical (unpaired) electrons. The van der Waals surface area contributed by atoms with Crippen molar-refractivity contribution in [1.82, 2.24) is 4.72 Å². The third-order valence-corrected chi connectivity index (χ3v) is 5.81. The highest BCUT2D eigenvalue weighted by molar-refractivity contribution is 7.92. The fourth-order valence-corrected chi connectivity index (χ4v) is 4.20. The van der Waals surface area contributed by atoms with E-state index in [1.807, 2.05) is 0 Å². The fraction of sp³-hybridized carbons (Fsp3) is 0.133. The van der Waals surface area contributed by atoms with Gasteiger partial charge in [0.2, 0.25) is 20.0 Å². The molecular formula is C15H15N3O4S2. The zero-order valence-electron chi connectivity index (χ0n) is 12.5. The van der Waals surface area contributed by atoms with Crippen LogP contribution in [0.5, 0.6) is 0 Å². The Morgan fingerprint density at radius 1 is 0.917 bits per heavy atom. The van der Waals surface area contributed by atoms with E-state index in [9.17, 15) is 16.8 Å². The van der Waals surface area contributed by atoms with Gasteiger partial charge in [0.05, 0.1) is 16.2 Å². The average molecular weight is 365 g/mol. The van der Waals surface area contributed by atoms with E-state index in [0.29, 0.717) is 5.69 Å². The first kappa shape index (κ1) is 17.9. The predicted molar refractivity (Wildman–Crippen MR) is 90.2 cm³/mol. The van der Waals surface area contributed by atoms with Gasteiger partial charge in [0.25, 0.3) is 0 Å². The number of rotatable bonds is 7. The summed E-state index contributed by atoms with van der Waals surface area (Å²) in [5.74, 6) is -0.435. The van der Waals surface area contributed by atoms with Crippen LogP contribution in [-0.2, 0) is 20.0 Å². The predicted octanol–water partition coefficient (Wildman–Crippen LogP) is 1.28. The lowest BCUT2D eigenvalue weighted by molar-refractivity contribution is 0.581. The van der Waals surface area contributed by atoms with E-state index in [1.54, 1.807) is 42.5 Å². The Morgan fingerprint density at radius 3 is 2.21 bits per heavy atom. The van der Waals surface area contributed by atoms with Gasteiger partial charge in [-0.25, -0.2) is 21.6 Å². The summed E-state index contributed by atoms with van der Waals surface area (Å²) >= 11 is 0. The van der Waals surface area contributed by atoms with E-state index in [0.717, 1.165) is 0 Å². The molecule has 0 saturated carbocycles. The number of sulfonamides is 2. The fourth-order valence-electron chi connectivity index (χ4n) is 1.92. The molecule has 0 bridgehead atoms. The summed E-state index contributed by atoms with van der Waals surface area (Å²) in [4.78, 5) is -0.180. The first-order chi connectivity index (χ1) is 11.3. The van der Waals surface area contributed by atoms with Crippen molar-refractivity contribution < 1.29 is 16.8 Å². The largest absolute Gasteiger partial charge is 0.284 e. The second kappa shape index (κ2) is 7.44. The first-order valence-electron chi connectivity index (χ1n) is 6.88. The molecule has 126 valence electrons. The molecule has 0 aromatic heterocycles. The highest BCUT2D eigenvalue weighted by Gasteiger charge is 2.19. The van der Waals surface area contributed by atoms with Gasteiger partial charge in [0, 0.05) is 12.2 Å². The Hall–Kier alpha value is -2.41. The van der Waals surface area contributed by atoms with Gasteiger partial charge in [0.15, 0.2) is 0 Å². The summed E-state index contributed by atoms with van der Waals surface area (Å²) in [5.41, 5.74) is 0.394. The van der Waals surface area contributed by atoms with Crippen LogP contribution in [0.2, 0.25) is 0 Å². The molecule has 0 heterocycles. The highest BCUT2D eigenvalue weighted by atomic mass is 32.2. The molecular weight excluding hydrogens is 350 g/mol. The third kappa shape index (κ3) is 4.79. The number of hydrogen-bond donors (Lipinski definition) is 2. The van der Waals surface area contributed by atoms with Gasteiger partial charge in [-0.1, -0.05) is 30.3 Å². The van der Waals surface area contributed by atoms with E-state index < -0.39 is 25.8 Å². The Bertz CT molecular complexity index is 950. The normalized spacial score (nSPS) is 11.6. The molecule has 2 aromatic rings.